The predicted molar refractivity (Wildman–Crippen MR) is 77.0 cm³/mol. The topological polar surface area (TPSA) is 37.2 Å². The zero-order valence-electron chi connectivity index (χ0n) is 11.8. The second-order valence-electron chi connectivity index (χ2n) is 5.76. The lowest BCUT2D eigenvalue weighted by molar-refractivity contribution is -0.0181. The highest BCUT2D eigenvalue weighted by Gasteiger charge is 2.47. The molecule has 1 saturated heterocycles. The lowest BCUT2D eigenvalue weighted by atomic mass is 9.79. The Morgan fingerprint density at radius 3 is 3.00 bits per heavy atom. The van der Waals surface area contributed by atoms with Gasteiger partial charge in [0.1, 0.15) is 17.1 Å². The molecule has 0 radical (unpaired) electrons. The SMILES string of the molecule is CCN1CCC2(CC1)OC1=CCC=CC1=C1N=NC=C12. The van der Waals surface area contributed by atoms with Gasteiger partial charge in [-0.05, 0) is 19.0 Å². The predicted octanol–water partition coefficient (Wildman–Crippen LogP) is 3.32. The highest BCUT2D eigenvalue weighted by Crippen LogP contribution is 2.48. The average Bonchev–Trinajstić information content (AvgIpc) is 2.99. The van der Waals surface area contributed by atoms with Crippen LogP contribution in [-0.2, 0) is 4.74 Å². The molecule has 0 amide bonds. The van der Waals surface area contributed by atoms with E-state index < -0.39 is 0 Å². The molecule has 0 aromatic carbocycles. The maximum absolute atomic E-state index is 6.46. The van der Waals surface area contributed by atoms with Crippen molar-refractivity contribution in [1.29, 1.82) is 0 Å². The van der Waals surface area contributed by atoms with Crippen molar-refractivity contribution >= 4 is 0 Å². The molecule has 1 spiro atoms. The fourth-order valence-corrected chi connectivity index (χ4v) is 3.50. The molecular formula is C16H19N3O. The van der Waals surface area contributed by atoms with Gasteiger partial charge in [0.05, 0.1) is 6.20 Å². The minimum Gasteiger partial charge on any atom is -0.482 e. The molecule has 1 aliphatic carbocycles. The van der Waals surface area contributed by atoms with Crippen LogP contribution in [0.3, 0.4) is 0 Å². The lowest BCUT2D eigenvalue weighted by Gasteiger charge is -2.45. The van der Waals surface area contributed by atoms with Gasteiger partial charge in [-0.25, -0.2) is 0 Å². The maximum Gasteiger partial charge on any atom is 0.140 e. The summed E-state index contributed by atoms with van der Waals surface area (Å²) in [7, 11) is 0. The van der Waals surface area contributed by atoms with Gasteiger partial charge in [0.2, 0.25) is 0 Å². The molecule has 4 heteroatoms. The molecule has 1 fully saturated rings. The molecule has 0 bridgehead atoms. The summed E-state index contributed by atoms with van der Waals surface area (Å²) in [6.07, 6.45) is 11.3. The van der Waals surface area contributed by atoms with E-state index in [0.29, 0.717) is 0 Å². The highest BCUT2D eigenvalue weighted by molar-refractivity contribution is 5.57. The normalized spacial score (nSPS) is 27.1. The van der Waals surface area contributed by atoms with Crippen molar-refractivity contribution < 1.29 is 4.74 Å². The summed E-state index contributed by atoms with van der Waals surface area (Å²) >= 11 is 0. The number of likely N-dealkylation sites (tertiary alicyclic amines) is 1. The number of fused-ring (bicyclic) bond motifs is 3. The first kappa shape index (κ1) is 12.1. The van der Waals surface area contributed by atoms with Crippen LogP contribution in [0.25, 0.3) is 0 Å². The molecule has 4 aliphatic rings. The van der Waals surface area contributed by atoms with Crippen molar-refractivity contribution in [3.63, 3.8) is 0 Å². The summed E-state index contributed by atoms with van der Waals surface area (Å²) in [6.45, 7) is 5.50. The van der Waals surface area contributed by atoms with E-state index in [1.807, 2.05) is 6.20 Å². The maximum atomic E-state index is 6.46. The zero-order chi connectivity index (χ0) is 13.6. The van der Waals surface area contributed by atoms with E-state index in [4.69, 9.17) is 4.74 Å². The number of nitrogens with zero attached hydrogens (tertiary/aromatic N) is 3. The molecule has 0 unspecified atom stereocenters. The number of ether oxygens (including phenoxy) is 1. The van der Waals surface area contributed by atoms with Crippen LogP contribution in [0.1, 0.15) is 26.2 Å². The Kier molecular flexibility index (Phi) is 2.67. The van der Waals surface area contributed by atoms with Crippen molar-refractivity contribution in [2.75, 3.05) is 19.6 Å². The number of allylic oxidation sites excluding steroid dienone is 3. The Labute approximate surface area is 119 Å². The minimum absolute atomic E-state index is 0.203. The van der Waals surface area contributed by atoms with Crippen LogP contribution >= 0.6 is 0 Å². The van der Waals surface area contributed by atoms with E-state index in [9.17, 15) is 0 Å². The third-order valence-electron chi connectivity index (χ3n) is 4.75. The van der Waals surface area contributed by atoms with Gasteiger partial charge < -0.3 is 9.64 Å². The summed E-state index contributed by atoms with van der Waals surface area (Å²) in [5.41, 5.74) is 3.12. The summed E-state index contributed by atoms with van der Waals surface area (Å²) in [5.74, 6) is 1.01. The Bertz CT molecular complexity index is 587. The second kappa shape index (κ2) is 4.42. The van der Waals surface area contributed by atoms with Gasteiger partial charge in [-0.1, -0.05) is 19.1 Å². The first-order chi connectivity index (χ1) is 9.82. The van der Waals surface area contributed by atoms with Crippen molar-refractivity contribution in [3.05, 3.63) is 47.0 Å². The standard InChI is InChI=1S/C16H19N3O/c1-2-19-9-7-16(8-10-19)13-11-17-18-15(13)12-5-3-4-6-14(12)20-16/h3,5-6,11H,2,4,7-10H2,1H3. The van der Waals surface area contributed by atoms with E-state index >= 15 is 0 Å². The fraction of sp³-hybridized carbons (Fsp3) is 0.500. The van der Waals surface area contributed by atoms with Gasteiger partial charge in [0, 0.05) is 37.1 Å². The van der Waals surface area contributed by atoms with Crippen LogP contribution in [0.5, 0.6) is 0 Å². The van der Waals surface area contributed by atoms with Crippen molar-refractivity contribution in [3.8, 4) is 0 Å². The molecule has 4 rings (SSSR count). The van der Waals surface area contributed by atoms with Crippen LogP contribution in [0.2, 0.25) is 0 Å². The Balaban J connectivity index is 1.74. The van der Waals surface area contributed by atoms with E-state index in [0.717, 1.165) is 55.9 Å². The molecule has 4 nitrogen and oxygen atoms in total. The zero-order valence-corrected chi connectivity index (χ0v) is 11.8. The molecule has 104 valence electrons. The number of hydrogen-bond donors (Lipinski definition) is 0. The summed E-state index contributed by atoms with van der Waals surface area (Å²) in [4.78, 5) is 2.48. The third-order valence-corrected chi connectivity index (χ3v) is 4.75. The number of azo groups is 1. The smallest absolute Gasteiger partial charge is 0.140 e. The molecular weight excluding hydrogens is 250 g/mol. The summed E-state index contributed by atoms with van der Waals surface area (Å²) < 4.78 is 6.46. The highest BCUT2D eigenvalue weighted by atomic mass is 16.5. The Morgan fingerprint density at radius 2 is 2.20 bits per heavy atom. The number of rotatable bonds is 1. The van der Waals surface area contributed by atoms with Gasteiger partial charge in [-0.2, -0.15) is 5.11 Å². The first-order valence-corrected chi connectivity index (χ1v) is 7.47. The van der Waals surface area contributed by atoms with Crippen molar-refractivity contribution in [1.82, 2.24) is 4.90 Å². The van der Waals surface area contributed by atoms with Gasteiger partial charge in [-0.3, -0.25) is 0 Å². The van der Waals surface area contributed by atoms with Crippen LogP contribution < -0.4 is 0 Å². The molecule has 3 heterocycles. The molecule has 0 N–H and O–H groups in total. The average molecular weight is 269 g/mol. The van der Waals surface area contributed by atoms with Gasteiger partial charge in [-0.15, -0.1) is 5.11 Å². The van der Waals surface area contributed by atoms with Crippen molar-refractivity contribution in [2.45, 2.75) is 31.8 Å². The van der Waals surface area contributed by atoms with Crippen LogP contribution in [0, 0.1) is 0 Å². The monoisotopic (exact) mass is 269 g/mol. The van der Waals surface area contributed by atoms with E-state index in [1.165, 1.54) is 5.57 Å². The van der Waals surface area contributed by atoms with E-state index in [-0.39, 0.29) is 5.60 Å². The lowest BCUT2D eigenvalue weighted by Crippen LogP contribution is -2.48. The third kappa shape index (κ3) is 1.64. The molecule has 0 atom stereocenters. The Hall–Kier alpha value is -1.68. The quantitative estimate of drug-likeness (QED) is 0.732. The van der Waals surface area contributed by atoms with Crippen LogP contribution in [0.4, 0.5) is 0 Å². The minimum atomic E-state index is -0.203. The summed E-state index contributed by atoms with van der Waals surface area (Å²) in [6, 6.07) is 0. The second-order valence-corrected chi connectivity index (χ2v) is 5.76. The largest absolute Gasteiger partial charge is 0.482 e. The summed E-state index contributed by atoms with van der Waals surface area (Å²) in [5, 5.41) is 8.52. The fourth-order valence-electron chi connectivity index (χ4n) is 3.50. The number of piperidine rings is 1. The molecule has 20 heavy (non-hydrogen) atoms. The van der Waals surface area contributed by atoms with E-state index in [2.05, 4.69) is 40.3 Å². The molecule has 3 aliphatic heterocycles. The van der Waals surface area contributed by atoms with Crippen molar-refractivity contribution in [2.24, 2.45) is 10.2 Å². The molecule has 0 aromatic heterocycles. The Morgan fingerprint density at radius 1 is 1.35 bits per heavy atom. The molecule has 0 saturated carbocycles. The van der Waals surface area contributed by atoms with E-state index in [1.54, 1.807) is 0 Å². The first-order valence-electron chi connectivity index (χ1n) is 7.47. The molecule has 0 aromatic rings. The van der Waals surface area contributed by atoms with Gasteiger partial charge in [0.25, 0.3) is 0 Å². The van der Waals surface area contributed by atoms with Gasteiger partial charge in [0.15, 0.2) is 0 Å². The number of hydrogen-bond acceptors (Lipinski definition) is 4. The van der Waals surface area contributed by atoms with Crippen LogP contribution in [0.15, 0.2) is 57.3 Å². The van der Waals surface area contributed by atoms with Gasteiger partial charge >= 0.3 is 0 Å². The van der Waals surface area contributed by atoms with Crippen LogP contribution in [-0.4, -0.2) is 30.1 Å².